The minimum atomic E-state index is -2.29. The number of anilines is 12. The average molecular weight is 1430 g/mol. The summed E-state index contributed by atoms with van der Waals surface area (Å²) in [5, 5.41) is 8.43. The van der Waals surface area contributed by atoms with Gasteiger partial charge in [-0.15, -0.1) is 0 Å². The minimum absolute atomic E-state index is 0.730. The molecule has 0 N–H and O–H groups in total. The van der Waals surface area contributed by atoms with E-state index in [2.05, 4.69) is 262 Å². The van der Waals surface area contributed by atoms with Gasteiger partial charge in [0.2, 0.25) is 0 Å². The molecule has 0 radical (unpaired) electrons. The summed E-state index contributed by atoms with van der Waals surface area (Å²) in [6, 6.07) is 121. The van der Waals surface area contributed by atoms with Crippen LogP contribution >= 0.6 is 0 Å². The quantitative estimate of drug-likeness (QED) is 0.0540. The van der Waals surface area contributed by atoms with Gasteiger partial charge < -0.3 is 57.5 Å². The summed E-state index contributed by atoms with van der Waals surface area (Å²) in [6.45, 7) is 0. The molecule has 0 bridgehead atoms. The van der Waals surface area contributed by atoms with Crippen LogP contribution in [-0.2, 0) is 0 Å². The van der Waals surface area contributed by atoms with Crippen molar-refractivity contribution in [1.82, 2.24) is 0 Å². The van der Waals surface area contributed by atoms with Crippen molar-refractivity contribution < 1.29 is 37.9 Å². The van der Waals surface area contributed by atoms with Gasteiger partial charge in [0.05, 0.1) is 79.6 Å². The summed E-state index contributed by atoms with van der Waals surface area (Å²) in [4.78, 5) is 9.03. The largest absolute Gasteiger partial charge is 0.497 e. The molecule has 0 atom stereocenters. The van der Waals surface area contributed by atoms with E-state index in [-0.39, 0.29) is 0 Å². The number of hydrogen-bond donors (Lipinski definition) is 0. The van der Waals surface area contributed by atoms with Crippen molar-refractivity contribution in [3.63, 3.8) is 0 Å². The van der Waals surface area contributed by atoms with E-state index < -0.39 is 6.15 Å². The summed E-state index contributed by atoms with van der Waals surface area (Å²) in [5.41, 5.74) is 15.4. The molecule has 0 aliphatic carbocycles. The second kappa shape index (κ2) is 30.4. The van der Waals surface area contributed by atoms with Gasteiger partial charge in [0, 0.05) is 45.5 Å². The summed E-state index contributed by atoms with van der Waals surface area (Å²) in [7, 11) is 13.7. The Hall–Kier alpha value is -13.8. The lowest BCUT2D eigenvalue weighted by atomic mass is 9.13. The Balaban J connectivity index is 0.997. The van der Waals surface area contributed by atoms with Crippen LogP contribution in [0.3, 0.4) is 0 Å². The molecule has 536 valence electrons. The number of methoxy groups -OCH3 is 8. The summed E-state index contributed by atoms with van der Waals surface area (Å²) in [5.74, 6) is 5.95. The maximum atomic E-state index is 6.15. The Kier molecular flexibility index (Phi) is 19.4. The zero-order chi connectivity index (χ0) is 74.5. The van der Waals surface area contributed by atoms with Crippen LogP contribution in [0.15, 0.2) is 340 Å². The second-order valence-electron chi connectivity index (χ2n) is 26.9. The number of ether oxygens (including phenoxy) is 8. The van der Waals surface area contributed by atoms with Crippen molar-refractivity contribution in [2.24, 2.45) is 0 Å². The minimum Gasteiger partial charge on any atom is -0.497 e. The van der Waals surface area contributed by atoms with Crippen molar-refractivity contribution >= 4 is 139 Å². The van der Waals surface area contributed by atoms with Crippen molar-refractivity contribution in [3.05, 3.63) is 340 Å². The summed E-state index contributed by atoms with van der Waals surface area (Å²) >= 11 is 0. The molecule has 0 saturated heterocycles. The van der Waals surface area contributed by atoms with Gasteiger partial charge in [0.15, 0.2) is 0 Å². The highest BCUT2D eigenvalue weighted by Crippen LogP contribution is 2.47. The highest BCUT2D eigenvalue weighted by molar-refractivity contribution is 7.20. The molecule has 0 aliphatic rings. The van der Waals surface area contributed by atoms with E-state index in [0.717, 1.165) is 179 Å². The third kappa shape index (κ3) is 13.2. The predicted octanol–water partition coefficient (Wildman–Crippen LogP) is 21.6. The van der Waals surface area contributed by atoms with E-state index in [1.807, 2.05) is 97.1 Å². The summed E-state index contributed by atoms with van der Waals surface area (Å²) < 4.78 is 47.5. The van der Waals surface area contributed by atoms with Gasteiger partial charge in [-0.2, -0.15) is 21.9 Å². The Morgan fingerprint density at radius 1 is 0.174 bits per heavy atom. The smallest absolute Gasteiger partial charge is 0.142 e. The van der Waals surface area contributed by atoms with Crippen molar-refractivity contribution in [2.75, 3.05) is 76.5 Å². The van der Waals surface area contributed by atoms with Crippen molar-refractivity contribution in [3.8, 4) is 46.0 Å². The normalized spacial score (nSPS) is 11.3. The van der Waals surface area contributed by atoms with Gasteiger partial charge in [-0.25, -0.2) is 0 Å². The molecule has 13 heteroatoms. The number of rotatable bonds is 24. The van der Waals surface area contributed by atoms with Crippen LogP contribution in [0.5, 0.6) is 46.0 Å². The lowest BCUT2D eigenvalue weighted by molar-refractivity contribution is 0.414. The zero-order valence-electron chi connectivity index (χ0n) is 62.0. The first kappa shape index (κ1) is 69.6. The molecule has 12 nitrogen and oxygen atoms in total. The van der Waals surface area contributed by atoms with E-state index in [4.69, 9.17) is 37.9 Å². The molecule has 0 heterocycles. The van der Waals surface area contributed by atoms with E-state index in [1.165, 1.54) is 0 Å². The molecule has 0 amide bonds. The molecule has 0 fully saturated rings. The van der Waals surface area contributed by atoms with Crippen molar-refractivity contribution in [2.45, 2.75) is 0 Å². The maximum Gasteiger partial charge on any atom is 0.142 e. The third-order valence-electron chi connectivity index (χ3n) is 21.1. The maximum absolute atomic E-state index is 6.15. The van der Waals surface area contributed by atoms with Gasteiger partial charge in [-0.1, -0.05) is 146 Å². The highest BCUT2D eigenvalue weighted by Gasteiger charge is 2.34. The fourth-order valence-electron chi connectivity index (χ4n) is 15.7. The molecule has 16 aromatic carbocycles. The molecule has 0 saturated carbocycles. The average Bonchev–Trinajstić information content (AvgIpc) is 0.714. The first-order valence-electron chi connectivity index (χ1n) is 36.2. The molecular formula is C96H80BN4O8-. The number of nitrogens with zero attached hydrogens (tertiary/aromatic N) is 4. The van der Waals surface area contributed by atoms with E-state index in [1.54, 1.807) is 56.9 Å². The lowest BCUT2D eigenvalue weighted by Crippen LogP contribution is -2.74. The molecule has 16 aromatic rings. The number of para-hydroxylation sites is 8. The zero-order valence-corrected chi connectivity index (χ0v) is 62.0. The van der Waals surface area contributed by atoms with Crippen LogP contribution in [0.2, 0.25) is 0 Å². The fourth-order valence-corrected chi connectivity index (χ4v) is 15.7. The highest BCUT2D eigenvalue weighted by atomic mass is 16.5. The van der Waals surface area contributed by atoms with Gasteiger partial charge in [-0.05, 0) is 237 Å². The first-order chi connectivity index (χ1) is 53.6. The number of fused-ring (bicyclic) bond motifs is 4. The molecule has 16 rings (SSSR count). The molecule has 0 unspecified atom stereocenters. The topological polar surface area (TPSA) is 86.8 Å². The monoisotopic (exact) mass is 1430 g/mol. The number of hydrogen-bond acceptors (Lipinski definition) is 12. The Labute approximate surface area is 635 Å². The summed E-state index contributed by atoms with van der Waals surface area (Å²) in [6.07, 6.45) is -2.29. The van der Waals surface area contributed by atoms with Crippen LogP contribution in [0.4, 0.5) is 68.2 Å². The van der Waals surface area contributed by atoms with E-state index >= 15 is 0 Å². The molecule has 0 aliphatic heterocycles. The van der Waals surface area contributed by atoms with E-state index in [9.17, 15) is 0 Å². The van der Waals surface area contributed by atoms with Crippen LogP contribution in [-0.4, -0.2) is 63.0 Å². The van der Waals surface area contributed by atoms with Gasteiger partial charge in [-0.3, -0.25) is 0 Å². The Morgan fingerprint density at radius 2 is 0.367 bits per heavy atom. The van der Waals surface area contributed by atoms with Crippen LogP contribution in [0.1, 0.15) is 0 Å². The second-order valence-corrected chi connectivity index (χ2v) is 26.9. The SMILES string of the molecule is COc1ccc(N(c2ccc3ccc([B-](c4ccc5ccc(N(c6ccc(OC)cc6)c6ccccc6OC)cc5c4)(c4ccc5ccc(N(c6ccc(OC)cc6)c6ccccc6OC)cc5c4)c4ccc5ccc(N(c6ccc(OC)cc6)c6ccccc6OC)cc5c4)cc3c2)c2ccccc2OC)cc1. The molecular weight excluding hydrogens is 1350 g/mol. The Morgan fingerprint density at radius 3 is 0.569 bits per heavy atom. The standard InChI is InChI=1S/C96H80BN4O8/c1-102-85-49-41-77(42-50-85)98(89-17-9-13-21-93(89)106-5)81-37-29-65-25-33-73(57-69(65)61-81)97(74-34-26-66-30-38-82(62-70(66)58-74)99(78-43-51-86(103-2)52-44-78)90-18-10-14-22-94(90)107-6,75-35-27-67-31-39-83(63-71(67)59-75)100(79-45-53-87(104-3)54-46-79)91-19-11-15-23-95(91)108-7)76-36-28-68-32-40-84(64-72(68)60-76)101(80-47-55-88(105-4)56-48-80)92-20-12-16-24-96(92)109-8/h9-64H,1-8H3/q-1. The predicted molar refractivity (Wildman–Crippen MR) is 451 cm³/mol. The molecule has 109 heavy (non-hydrogen) atoms. The fraction of sp³-hybridized carbons (Fsp3) is 0.0833. The van der Waals surface area contributed by atoms with Gasteiger partial charge in [0.1, 0.15) is 52.1 Å². The van der Waals surface area contributed by atoms with E-state index in [0.29, 0.717) is 0 Å². The lowest BCUT2D eigenvalue weighted by Gasteiger charge is -2.45. The number of benzene rings is 16. The van der Waals surface area contributed by atoms with Gasteiger partial charge in [0.25, 0.3) is 0 Å². The molecule has 0 aromatic heterocycles. The first-order valence-corrected chi connectivity index (χ1v) is 36.2. The molecule has 0 spiro atoms. The van der Waals surface area contributed by atoms with Gasteiger partial charge >= 0.3 is 0 Å². The Bertz CT molecular complexity index is 5240. The van der Waals surface area contributed by atoms with Crippen LogP contribution in [0.25, 0.3) is 43.1 Å². The van der Waals surface area contributed by atoms with Crippen LogP contribution < -0.4 is 79.3 Å². The third-order valence-corrected chi connectivity index (χ3v) is 21.1. The van der Waals surface area contributed by atoms with Crippen LogP contribution in [0, 0.1) is 0 Å². The van der Waals surface area contributed by atoms with Crippen molar-refractivity contribution in [1.29, 1.82) is 0 Å².